The van der Waals surface area contributed by atoms with Crippen molar-refractivity contribution in [2.24, 2.45) is 4.99 Å². The lowest BCUT2D eigenvalue weighted by atomic mass is 10.1. The van der Waals surface area contributed by atoms with E-state index in [0.29, 0.717) is 25.6 Å². The van der Waals surface area contributed by atoms with Gasteiger partial charge in [-0.15, -0.1) is 11.3 Å². The van der Waals surface area contributed by atoms with E-state index in [1.165, 1.54) is 17.0 Å². The predicted octanol–water partition coefficient (Wildman–Crippen LogP) is 3.77. The Morgan fingerprint density at radius 2 is 1.92 bits per heavy atom. The molecular formula is C17H21F3N4S. The predicted molar refractivity (Wildman–Crippen MR) is 94.8 cm³/mol. The molecule has 0 spiro atoms. The van der Waals surface area contributed by atoms with Crippen molar-refractivity contribution in [2.45, 2.75) is 33.0 Å². The van der Waals surface area contributed by atoms with Crippen molar-refractivity contribution in [3.05, 3.63) is 51.5 Å². The summed E-state index contributed by atoms with van der Waals surface area (Å²) in [5.41, 5.74) is 0.0738. The van der Waals surface area contributed by atoms with Crippen LogP contribution in [0, 0.1) is 6.92 Å². The van der Waals surface area contributed by atoms with E-state index in [1.54, 1.807) is 11.3 Å². The third-order valence-electron chi connectivity index (χ3n) is 3.35. The number of guanidine groups is 1. The highest BCUT2D eigenvalue weighted by Gasteiger charge is 2.29. The van der Waals surface area contributed by atoms with Crippen LogP contribution in [0.4, 0.5) is 13.2 Å². The zero-order valence-electron chi connectivity index (χ0n) is 14.2. The van der Waals surface area contributed by atoms with Crippen molar-refractivity contribution in [1.82, 2.24) is 15.6 Å². The number of nitrogens with one attached hydrogen (secondary N) is 2. The van der Waals surface area contributed by atoms with Gasteiger partial charge in [-0.25, -0.2) is 9.98 Å². The molecule has 0 aliphatic rings. The fourth-order valence-corrected chi connectivity index (χ4v) is 2.90. The number of aromatic nitrogens is 1. The lowest BCUT2D eigenvalue weighted by Crippen LogP contribution is -2.38. The first-order valence-corrected chi connectivity index (χ1v) is 8.79. The summed E-state index contributed by atoms with van der Waals surface area (Å²) in [7, 11) is 0. The number of benzene rings is 1. The van der Waals surface area contributed by atoms with E-state index in [0.717, 1.165) is 29.1 Å². The van der Waals surface area contributed by atoms with Crippen LogP contribution in [-0.2, 0) is 19.1 Å². The van der Waals surface area contributed by atoms with Gasteiger partial charge in [-0.3, -0.25) is 0 Å². The van der Waals surface area contributed by atoms with Crippen molar-refractivity contribution in [3.63, 3.8) is 0 Å². The number of nitrogens with zero attached hydrogens (tertiary/aromatic N) is 2. The molecule has 25 heavy (non-hydrogen) atoms. The average molecular weight is 370 g/mol. The molecule has 1 heterocycles. The molecule has 2 aromatic rings. The normalized spacial score (nSPS) is 12.3. The second-order valence-electron chi connectivity index (χ2n) is 5.43. The molecule has 1 aromatic heterocycles. The van der Waals surface area contributed by atoms with Crippen molar-refractivity contribution in [1.29, 1.82) is 0 Å². The summed E-state index contributed by atoms with van der Waals surface area (Å²) in [4.78, 5) is 9.89. The van der Waals surface area contributed by atoms with Gasteiger partial charge in [0.2, 0.25) is 0 Å². The third kappa shape index (κ3) is 6.38. The Kier molecular flexibility index (Phi) is 6.81. The smallest absolute Gasteiger partial charge is 0.357 e. The number of aryl methyl sites for hydroxylation is 1. The molecule has 0 unspecified atom stereocenters. The highest BCUT2D eigenvalue weighted by atomic mass is 32.1. The minimum Gasteiger partial charge on any atom is -0.357 e. The lowest BCUT2D eigenvalue weighted by molar-refractivity contribution is -0.137. The second-order valence-corrected chi connectivity index (χ2v) is 6.75. The van der Waals surface area contributed by atoms with Gasteiger partial charge in [0.25, 0.3) is 0 Å². The Morgan fingerprint density at radius 1 is 1.20 bits per heavy atom. The molecule has 136 valence electrons. The van der Waals surface area contributed by atoms with Crippen molar-refractivity contribution >= 4 is 17.3 Å². The number of rotatable bonds is 6. The SMILES string of the molecule is CCNC(=NCc1ccc(C(F)(F)F)cc1)NCCc1ncc(C)s1. The molecule has 0 aliphatic heterocycles. The lowest BCUT2D eigenvalue weighted by Gasteiger charge is -2.11. The van der Waals surface area contributed by atoms with Crippen LogP contribution >= 0.6 is 11.3 Å². The van der Waals surface area contributed by atoms with Crippen LogP contribution in [0.15, 0.2) is 35.5 Å². The summed E-state index contributed by atoms with van der Waals surface area (Å²) in [5.74, 6) is 0.635. The van der Waals surface area contributed by atoms with Crippen LogP contribution in [-0.4, -0.2) is 24.0 Å². The number of hydrogen-bond donors (Lipinski definition) is 2. The Bertz CT molecular complexity index is 693. The summed E-state index contributed by atoms with van der Waals surface area (Å²) in [6.45, 7) is 5.68. The molecule has 0 saturated heterocycles. The van der Waals surface area contributed by atoms with E-state index < -0.39 is 11.7 Å². The maximum Gasteiger partial charge on any atom is 0.416 e. The molecule has 0 saturated carbocycles. The molecular weight excluding hydrogens is 349 g/mol. The summed E-state index contributed by atoms with van der Waals surface area (Å²) in [5, 5.41) is 7.39. The molecule has 0 radical (unpaired) electrons. The Hall–Kier alpha value is -2.09. The Morgan fingerprint density at radius 3 is 2.48 bits per heavy atom. The molecule has 0 amide bonds. The van der Waals surface area contributed by atoms with Crippen molar-refractivity contribution in [2.75, 3.05) is 13.1 Å². The summed E-state index contributed by atoms with van der Waals surface area (Å²) >= 11 is 1.66. The first-order chi connectivity index (χ1) is 11.9. The third-order valence-corrected chi connectivity index (χ3v) is 4.32. The van der Waals surface area contributed by atoms with Gasteiger partial charge in [0.1, 0.15) is 0 Å². The first kappa shape index (κ1) is 19.2. The number of halogens is 3. The van der Waals surface area contributed by atoms with E-state index in [-0.39, 0.29) is 0 Å². The molecule has 0 aliphatic carbocycles. The highest BCUT2D eigenvalue weighted by molar-refractivity contribution is 7.11. The van der Waals surface area contributed by atoms with Crippen molar-refractivity contribution in [3.8, 4) is 0 Å². The summed E-state index contributed by atoms with van der Waals surface area (Å²) < 4.78 is 37.7. The van der Waals surface area contributed by atoms with Gasteiger partial charge in [-0.1, -0.05) is 12.1 Å². The molecule has 4 nitrogen and oxygen atoms in total. The van der Waals surface area contributed by atoms with Gasteiger partial charge in [-0.05, 0) is 31.5 Å². The van der Waals surface area contributed by atoms with E-state index in [1.807, 2.05) is 20.0 Å². The minimum atomic E-state index is -4.31. The molecule has 0 bridgehead atoms. The Labute approximate surface area is 149 Å². The van der Waals surface area contributed by atoms with Crippen LogP contribution < -0.4 is 10.6 Å². The fourth-order valence-electron chi connectivity index (χ4n) is 2.12. The molecule has 2 rings (SSSR count). The number of thiazole rings is 1. The molecule has 1 aromatic carbocycles. The zero-order valence-corrected chi connectivity index (χ0v) is 15.0. The molecule has 0 fully saturated rings. The van der Waals surface area contributed by atoms with Gasteiger partial charge < -0.3 is 10.6 Å². The Balaban J connectivity index is 1.90. The molecule has 0 atom stereocenters. The van der Waals surface area contributed by atoms with Crippen LogP contribution in [0.3, 0.4) is 0 Å². The molecule has 8 heteroatoms. The quantitative estimate of drug-likeness (QED) is 0.601. The zero-order chi connectivity index (χ0) is 18.3. The molecule has 2 N–H and O–H groups in total. The summed E-state index contributed by atoms with van der Waals surface area (Å²) in [6.07, 6.45) is -1.67. The van der Waals surface area contributed by atoms with Crippen LogP contribution in [0.1, 0.15) is 27.9 Å². The van der Waals surface area contributed by atoms with Crippen LogP contribution in [0.25, 0.3) is 0 Å². The van der Waals surface area contributed by atoms with E-state index in [9.17, 15) is 13.2 Å². The average Bonchev–Trinajstić information content (AvgIpc) is 2.97. The fraction of sp³-hybridized carbons (Fsp3) is 0.412. The van der Waals surface area contributed by atoms with Gasteiger partial charge in [0, 0.05) is 30.6 Å². The first-order valence-electron chi connectivity index (χ1n) is 7.98. The van der Waals surface area contributed by atoms with Gasteiger partial charge in [-0.2, -0.15) is 13.2 Å². The highest BCUT2D eigenvalue weighted by Crippen LogP contribution is 2.29. The van der Waals surface area contributed by atoms with Crippen LogP contribution in [0.5, 0.6) is 0 Å². The van der Waals surface area contributed by atoms with Crippen molar-refractivity contribution < 1.29 is 13.2 Å². The number of aliphatic imine (C=N–C) groups is 1. The van der Waals surface area contributed by atoms with Gasteiger partial charge in [0.05, 0.1) is 17.1 Å². The maximum atomic E-state index is 12.6. The minimum absolute atomic E-state index is 0.309. The topological polar surface area (TPSA) is 49.3 Å². The van der Waals surface area contributed by atoms with E-state index in [2.05, 4.69) is 20.6 Å². The second kappa shape index (κ2) is 8.84. The number of hydrogen-bond acceptors (Lipinski definition) is 3. The standard InChI is InChI=1S/C17H21F3N4S/c1-3-21-16(22-9-8-15-23-10-12(2)25-15)24-11-13-4-6-14(7-5-13)17(18,19)20/h4-7,10H,3,8-9,11H2,1-2H3,(H2,21,22,24). The monoisotopic (exact) mass is 370 g/mol. The van der Waals surface area contributed by atoms with Gasteiger partial charge >= 0.3 is 6.18 Å². The summed E-state index contributed by atoms with van der Waals surface area (Å²) in [6, 6.07) is 5.06. The number of alkyl halides is 3. The maximum absolute atomic E-state index is 12.6. The van der Waals surface area contributed by atoms with E-state index >= 15 is 0 Å². The van der Waals surface area contributed by atoms with Gasteiger partial charge in [0.15, 0.2) is 5.96 Å². The van der Waals surface area contributed by atoms with E-state index in [4.69, 9.17) is 0 Å². The largest absolute Gasteiger partial charge is 0.416 e. The van der Waals surface area contributed by atoms with Crippen LogP contribution in [0.2, 0.25) is 0 Å².